The minimum Gasteiger partial charge on any atom is -0.244 e. The Labute approximate surface area is 110 Å². The Morgan fingerprint density at radius 1 is 0.778 bits per heavy atom. The minimum absolute atomic E-state index is 0.145. The molecule has 2 rings (SSSR count). The second-order valence-electron chi connectivity index (χ2n) is 6.30. The average molecular weight is 254 g/mol. The first-order valence-corrected chi connectivity index (χ1v) is 7.37. The topological polar surface area (TPSA) is 0 Å². The van der Waals surface area contributed by atoms with Crippen LogP contribution in [0.4, 0.5) is 8.78 Å². The molecule has 18 heavy (non-hydrogen) atoms. The molecule has 0 aliphatic heterocycles. The van der Waals surface area contributed by atoms with Gasteiger partial charge in [-0.3, -0.25) is 0 Å². The molecule has 0 amide bonds. The molecule has 0 spiro atoms. The molecule has 2 saturated carbocycles. The largest absolute Gasteiger partial charge is 0.244 e. The zero-order valence-electron chi connectivity index (χ0n) is 11.5. The van der Waals surface area contributed by atoms with E-state index in [4.69, 9.17) is 0 Å². The third kappa shape index (κ3) is 3.25. The standard InChI is InChI=1S/C16H24F2/c1-11-3-6-13(7-4-11)8-10-14-9-5-12(2)15(17)16(14)18/h11-16H,3-7,9H2,1-2H3. The van der Waals surface area contributed by atoms with Crippen LogP contribution in [0.25, 0.3) is 0 Å². The van der Waals surface area contributed by atoms with Gasteiger partial charge in [0.25, 0.3) is 0 Å². The Morgan fingerprint density at radius 2 is 1.44 bits per heavy atom. The van der Waals surface area contributed by atoms with Gasteiger partial charge in [0.15, 0.2) is 0 Å². The zero-order chi connectivity index (χ0) is 13.1. The molecule has 0 bridgehead atoms. The van der Waals surface area contributed by atoms with Crippen molar-refractivity contribution in [2.24, 2.45) is 23.7 Å². The van der Waals surface area contributed by atoms with Crippen LogP contribution >= 0.6 is 0 Å². The Hall–Kier alpha value is -0.580. The highest BCUT2D eigenvalue weighted by atomic mass is 19.2. The van der Waals surface area contributed by atoms with E-state index in [0.717, 1.165) is 31.6 Å². The Morgan fingerprint density at radius 3 is 2.11 bits per heavy atom. The molecule has 0 heterocycles. The first-order chi connectivity index (χ1) is 8.58. The molecule has 2 aliphatic carbocycles. The third-order valence-electron chi connectivity index (χ3n) is 4.65. The highest BCUT2D eigenvalue weighted by molar-refractivity contribution is 5.12. The van der Waals surface area contributed by atoms with Crippen molar-refractivity contribution in [2.75, 3.05) is 0 Å². The van der Waals surface area contributed by atoms with Crippen LogP contribution in [0, 0.1) is 35.5 Å². The SMILES string of the molecule is CC1CCC(C#CC2CCC(C)C(F)C2F)CC1. The van der Waals surface area contributed by atoms with Crippen LogP contribution in [0.3, 0.4) is 0 Å². The summed E-state index contributed by atoms with van der Waals surface area (Å²) in [6, 6.07) is 0. The summed E-state index contributed by atoms with van der Waals surface area (Å²) in [4.78, 5) is 0. The molecule has 0 saturated heterocycles. The van der Waals surface area contributed by atoms with E-state index in [1.807, 2.05) is 0 Å². The first kappa shape index (κ1) is 13.8. The molecule has 4 atom stereocenters. The van der Waals surface area contributed by atoms with E-state index in [1.165, 1.54) is 12.8 Å². The van der Waals surface area contributed by atoms with Gasteiger partial charge in [-0.1, -0.05) is 25.7 Å². The summed E-state index contributed by atoms with van der Waals surface area (Å²) in [5.74, 6) is 6.98. The average Bonchev–Trinajstić information content (AvgIpc) is 2.37. The fourth-order valence-electron chi connectivity index (χ4n) is 3.08. The lowest BCUT2D eigenvalue weighted by molar-refractivity contribution is 0.0500. The van der Waals surface area contributed by atoms with Crippen molar-refractivity contribution in [1.29, 1.82) is 0 Å². The molecule has 2 fully saturated rings. The highest BCUT2D eigenvalue weighted by Gasteiger charge is 2.37. The lowest BCUT2D eigenvalue weighted by atomic mass is 9.79. The molecule has 0 N–H and O–H groups in total. The molecule has 0 radical (unpaired) electrons. The Balaban J connectivity index is 1.89. The summed E-state index contributed by atoms with van der Waals surface area (Å²) >= 11 is 0. The molecular weight excluding hydrogens is 230 g/mol. The van der Waals surface area contributed by atoms with E-state index in [2.05, 4.69) is 18.8 Å². The number of hydrogen-bond acceptors (Lipinski definition) is 0. The van der Waals surface area contributed by atoms with Crippen LogP contribution in [0.1, 0.15) is 52.4 Å². The summed E-state index contributed by atoms with van der Waals surface area (Å²) in [6.07, 6.45) is 3.52. The normalized spacial score (nSPS) is 45.1. The van der Waals surface area contributed by atoms with Gasteiger partial charge < -0.3 is 0 Å². The molecule has 0 aromatic heterocycles. The van der Waals surface area contributed by atoms with Crippen LogP contribution in [-0.4, -0.2) is 12.3 Å². The van der Waals surface area contributed by atoms with E-state index in [-0.39, 0.29) is 11.8 Å². The predicted octanol–water partition coefficient (Wildman–Crippen LogP) is 4.54. The first-order valence-electron chi connectivity index (χ1n) is 7.37. The molecule has 102 valence electrons. The molecule has 0 aromatic carbocycles. The number of alkyl halides is 2. The predicted molar refractivity (Wildman–Crippen MR) is 70.6 cm³/mol. The van der Waals surface area contributed by atoms with Gasteiger partial charge in [0, 0.05) is 5.92 Å². The summed E-state index contributed by atoms with van der Waals surface area (Å²) in [5, 5.41) is 0. The lowest BCUT2D eigenvalue weighted by Gasteiger charge is -2.30. The van der Waals surface area contributed by atoms with Crippen molar-refractivity contribution in [3.05, 3.63) is 0 Å². The monoisotopic (exact) mass is 254 g/mol. The van der Waals surface area contributed by atoms with E-state index < -0.39 is 12.3 Å². The summed E-state index contributed by atoms with van der Waals surface area (Å²) in [5.41, 5.74) is 0. The quantitative estimate of drug-likeness (QED) is 0.557. The van der Waals surface area contributed by atoms with Gasteiger partial charge >= 0.3 is 0 Å². The van der Waals surface area contributed by atoms with Gasteiger partial charge in [0.1, 0.15) is 12.3 Å². The van der Waals surface area contributed by atoms with Crippen molar-refractivity contribution >= 4 is 0 Å². The van der Waals surface area contributed by atoms with Crippen LogP contribution in [0.15, 0.2) is 0 Å². The fraction of sp³-hybridized carbons (Fsp3) is 0.875. The summed E-state index contributed by atoms with van der Waals surface area (Å²) in [6.45, 7) is 4.07. The van der Waals surface area contributed by atoms with E-state index in [1.54, 1.807) is 6.92 Å². The van der Waals surface area contributed by atoms with E-state index >= 15 is 0 Å². The van der Waals surface area contributed by atoms with Crippen LogP contribution in [-0.2, 0) is 0 Å². The summed E-state index contributed by atoms with van der Waals surface area (Å²) < 4.78 is 27.4. The van der Waals surface area contributed by atoms with Crippen molar-refractivity contribution in [3.63, 3.8) is 0 Å². The second-order valence-corrected chi connectivity index (χ2v) is 6.30. The maximum absolute atomic E-state index is 13.8. The third-order valence-corrected chi connectivity index (χ3v) is 4.65. The Kier molecular flexibility index (Phi) is 4.65. The smallest absolute Gasteiger partial charge is 0.145 e. The number of hydrogen-bond donors (Lipinski definition) is 0. The summed E-state index contributed by atoms with van der Waals surface area (Å²) in [7, 11) is 0. The van der Waals surface area contributed by atoms with Gasteiger partial charge in [-0.2, -0.15) is 0 Å². The van der Waals surface area contributed by atoms with E-state index in [9.17, 15) is 8.78 Å². The van der Waals surface area contributed by atoms with Gasteiger partial charge in [-0.25, -0.2) is 8.78 Å². The molecule has 2 heteroatoms. The number of halogens is 2. The maximum Gasteiger partial charge on any atom is 0.145 e. The van der Waals surface area contributed by atoms with Gasteiger partial charge in [-0.15, -0.1) is 0 Å². The van der Waals surface area contributed by atoms with Crippen LogP contribution < -0.4 is 0 Å². The molecule has 2 aliphatic rings. The minimum atomic E-state index is -1.37. The number of rotatable bonds is 0. The zero-order valence-corrected chi connectivity index (χ0v) is 11.5. The maximum atomic E-state index is 13.8. The van der Waals surface area contributed by atoms with Crippen molar-refractivity contribution < 1.29 is 8.78 Å². The molecule has 4 unspecified atom stereocenters. The van der Waals surface area contributed by atoms with E-state index in [0.29, 0.717) is 5.92 Å². The molecule has 0 aromatic rings. The van der Waals surface area contributed by atoms with Gasteiger partial charge in [0.05, 0.1) is 5.92 Å². The van der Waals surface area contributed by atoms with Crippen LogP contribution in [0.5, 0.6) is 0 Å². The van der Waals surface area contributed by atoms with Gasteiger partial charge in [-0.05, 0) is 50.4 Å². The van der Waals surface area contributed by atoms with Crippen molar-refractivity contribution in [3.8, 4) is 11.8 Å². The fourth-order valence-corrected chi connectivity index (χ4v) is 3.08. The van der Waals surface area contributed by atoms with Crippen molar-refractivity contribution in [1.82, 2.24) is 0 Å². The lowest BCUT2D eigenvalue weighted by Crippen LogP contribution is -2.36. The second kappa shape index (κ2) is 6.04. The van der Waals surface area contributed by atoms with Gasteiger partial charge in [0.2, 0.25) is 0 Å². The molecular formula is C16H24F2. The highest BCUT2D eigenvalue weighted by Crippen LogP contribution is 2.34. The Bertz CT molecular complexity index is 320. The van der Waals surface area contributed by atoms with Crippen molar-refractivity contribution in [2.45, 2.75) is 64.7 Å². The molecule has 0 nitrogen and oxygen atoms in total. The van der Waals surface area contributed by atoms with Crippen LogP contribution in [0.2, 0.25) is 0 Å².